The van der Waals surface area contributed by atoms with Crippen molar-refractivity contribution in [1.29, 1.82) is 0 Å². The lowest BCUT2D eigenvalue weighted by atomic mass is 9.96. The number of benzene rings is 1. The molecular weight excluding hydrogens is 451 g/mol. The summed E-state index contributed by atoms with van der Waals surface area (Å²) >= 11 is 0. The number of hydrogen-bond donors (Lipinski definition) is 1. The van der Waals surface area contributed by atoms with Gasteiger partial charge in [-0.15, -0.1) is 5.10 Å². The fourth-order valence-electron chi connectivity index (χ4n) is 4.11. The Morgan fingerprint density at radius 2 is 2.03 bits per heavy atom. The van der Waals surface area contributed by atoms with Gasteiger partial charge in [-0.05, 0) is 72.5 Å². The molecule has 0 bridgehead atoms. The van der Waals surface area contributed by atoms with Crippen LogP contribution in [0.25, 0.3) is 11.5 Å². The van der Waals surface area contributed by atoms with Crippen LogP contribution < -0.4 is 5.32 Å². The Morgan fingerprint density at radius 3 is 2.77 bits per heavy atom. The van der Waals surface area contributed by atoms with Gasteiger partial charge in [0.05, 0.1) is 11.6 Å². The zero-order chi connectivity index (χ0) is 25.1. The maximum Gasteiger partial charge on any atom is 0.320 e. The summed E-state index contributed by atoms with van der Waals surface area (Å²) < 4.78 is 16.5. The molecule has 1 N–H and O–H groups in total. The number of carbonyl (C=O) groups excluding carboxylic acids is 2. The molecule has 1 aliphatic heterocycles. The lowest BCUT2D eigenvalue weighted by molar-refractivity contribution is 0.102. The van der Waals surface area contributed by atoms with Crippen LogP contribution in [0.4, 0.5) is 15.0 Å². The van der Waals surface area contributed by atoms with E-state index in [0.29, 0.717) is 37.6 Å². The van der Waals surface area contributed by atoms with Crippen LogP contribution in [0.1, 0.15) is 54.7 Å². The molecule has 0 spiro atoms. The molecule has 0 aliphatic carbocycles. The van der Waals surface area contributed by atoms with Crippen molar-refractivity contribution in [3.8, 4) is 11.5 Å². The maximum absolute atomic E-state index is 14.9. The highest BCUT2D eigenvalue weighted by Gasteiger charge is 2.26. The zero-order valence-electron chi connectivity index (χ0n) is 20.3. The first kappa shape index (κ1) is 24.2. The Hall–Kier alpha value is -3.89. The molecule has 0 fully saturated rings. The van der Waals surface area contributed by atoms with Gasteiger partial charge in [-0.25, -0.2) is 18.9 Å². The molecule has 0 saturated heterocycles. The molecule has 1 aliphatic rings. The second-order valence-electron chi connectivity index (χ2n) is 8.88. The van der Waals surface area contributed by atoms with Crippen molar-refractivity contribution in [2.45, 2.75) is 46.2 Å². The van der Waals surface area contributed by atoms with E-state index in [9.17, 15) is 14.0 Å². The van der Waals surface area contributed by atoms with Gasteiger partial charge in [-0.3, -0.25) is 4.79 Å². The average Bonchev–Trinajstić information content (AvgIpc) is 3.34. The number of aromatic nitrogens is 5. The lowest BCUT2D eigenvalue weighted by Crippen LogP contribution is -2.44. The van der Waals surface area contributed by atoms with E-state index in [0.717, 1.165) is 17.5 Å². The third-order valence-electron chi connectivity index (χ3n) is 5.90. The zero-order valence-corrected chi connectivity index (χ0v) is 20.3. The van der Waals surface area contributed by atoms with Gasteiger partial charge in [0.15, 0.2) is 0 Å². The summed E-state index contributed by atoms with van der Waals surface area (Å²) in [5, 5.41) is 14.4. The van der Waals surface area contributed by atoms with Crippen molar-refractivity contribution >= 4 is 17.8 Å². The van der Waals surface area contributed by atoms with Crippen molar-refractivity contribution in [2.75, 3.05) is 25.5 Å². The van der Waals surface area contributed by atoms with Crippen LogP contribution in [0.2, 0.25) is 0 Å². The van der Waals surface area contributed by atoms with Gasteiger partial charge >= 0.3 is 6.03 Å². The van der Waals surface area contributed by atoms with Crippen LogP contribution in [-0.4, -0.2) is 67.1 Å². The van der Waals surface area contributed by atoms with Crippen molar-refractivity contribution < 1.29 is 14.0 Å². The first-order valence-electron chi connectivity index (χ1n) is 11.7. The van der Waals surface area contributed by atoms with Crippen molar-refractivity contribution in [2.24, 2.45) is 0 Å². The van der Waals surface area contributed by atoms with Crippen molar-refractivity contribution in [1.82, 2.24) is 35.0 Å². The number of rotatable bonds is 6. The number of urea groups is 1. The van der Waals surface area contributed by atoms with Gasteiger partial charge in [0, 0.05) is 26.7 Å². The fraction of sp³-hybridized carbons (Fsp3) is 0.417. The van der Waals surface area contributed by atoms with E-state index in [1.165, 1.54) is 12.1 Å². The van der Waals surface area contributed by atoms with E-state index in [2.05, 4.69) is 25.8 Å². The Balaban J connectivity index is 1.54. The molecule has 3 heterocycles. The predicted octanol–water partition coefficient (Wildman–Crippen LogP) is 3.53. The van der Waals surface area contributed by atoms with Gasteiger partial charge in [-0.2, -0.15) is 0 Å². The SMILES string of the molecule is CCCN(C)C(=O)N1CCc2cc(F)c(C(=O)Nc3cccc(-c4nnnn4C(C)C)n3)cc2C1. The van der Waals surface area contributed by atoms with E-state index in [-0.39, 0.29) is 23.5 Å². The third-order valence-corrected chi connectivity index (χ3v) is 5.90. The van der Waals surface area contributed by atoms with Crippen LogP contribution in [0.3, 0.4) is 0 Å². The number of anilines is 1. The largest absolute Gasteiger partial charge is 0.328 e. The van der Waals surface area contributed by atoms with E-state index in [1.807, 2.05) is 20.8 Å². The summed E-state index contributed by atoms with van der Waals surface area (Å²) in [5.41, 5.74) is 1.96. The number of halogens is 1. The maximum atomic E-state index is 14.9. The minimum absolute atomic E-state index is 0.0258. The Bertz CT molecular complexity index is 1240. The third kappa shape index (κ3) is 5.13. The Kier molecular flexibility index (Phi) is 7.04. The summed E-state index contributed by atoms with van der Waals surface area (Å²) in [5.74, 6) is -0.510. The molecule has 0 atom stereocenters. The van der Waals surface area contributed by atoms with Crippen LogP contribution >= 0.6 is 0 Å². The number of nitrogens with one attached hydrogen (secondary N) is 1. The van der Waals surface area contributed by atoms with Gasteiger partial charge in [-0.1, -0.05) is 13.0 Å². The van der Waals surface area contributed by atoms with Crippen molar-refractivity contribution in [3.05, 3.63) is 52.8 Å². The quantitative estimate of drug-likeness (QED) is 0.578. The minimum Gasteiger partial charge on any atom is -0.328 e. The molecule has 0 saturated carbocycles. The molecule has 35 heavy (non-hydrogen) atoms. The van der Waals surface area contributed by atoms with Crippen LogP contribution in [0.15, 0.2) is 30.3 Å². The smallest absolute Gasteiger partial charge is 0.320 e. The Labute approximate surface area is 203 Å². The molecule has 11 heteroatoms. The predicted molar refractivity (Wildman–Crippen MR) is 128 cm³/mol. The van der Waals surface area contributed by atoms with Crippen molar-refractivity contribution in [3.63, 3.8) is 0 Å². The summed E-state index contributed by atoms with van der Waals surface area (Å²) in [7, 11) is 1.77. The monoisotopic (exact) mass is 480 g/mol. The first-order valence-corrected chi connectivity index (χ1v) is 11.7. The number of fused-ring (bicyclic) bond motifs is 1. The molecular formula is C24H29FN8O2. The highest BCUT2D eigenvalue weighted by atomic mass is 19.1. The summed E-state index contributed by atoms with van der Waals surface area (Å²) in [4.78, 5) is 33.5. The summed E-state index contributed by atoms with van der Waals surface area (Å²) in [6.45, 7) is 7.40. The molecule has 0 radical (unpaired) electrons. The molecule has 4 rings (SSSR count). The molecule has 2 aromatic heterocycles. The number of tetrazole rings is 1. The summed E-state index contributed by atoms with van der Waals surface area (Å²) in [6.07, 6.45) is 1.40. The van der Waals surface area contributed by atoms with E-state index >= 15 is 0 Å². The lowest BCUT2D eigenvalue weighted by Gasteiger charge is -2.32. The second-order valence-corrected chi connectivity index (χ2v) is 8.88. The average molecular weight is 481 g/mol. The molecule has 10 nitrogen and oxygen atoms in total. The molecule has 3 aromatic rings. The van der Waals surface area contributed by atoms with E-state index < -0.39 is 11.7 Å². The number of amides is 3. The molecule has 3 amide bonds. The highest BCUT2D eigenvalue weighted by molar-refractivity contribution is 6.04. The van der Waals surface area contributed by atoms with Crippen LogP contribution in [-0.2, 0) is 13.0 Å². The van der Waals surface area contributed by atoms with E-state index in [1.54, 1.807) is 39.7 Å². The molecule has 184 valence electrons. The number of carbonyl (C=O) groups is 2. The number of hydrogen-bond acceptors (Lipinski definition) is 6. The normalized spacial score (nSPS) is 13.0. The number of nitrogens with zero attached hydrogens (tertiary/aromatic N) is 7. The van der Waals surface area contributed by atoms with Crippen LogP contribution in [0, 0.1) is 5.82 Å². The highest BCUT2D eigenvalue weighted by Crippen LogP contribution is 2.25. The molecule has 0 unspecified atom stereocenters. The van der Waals surface area contributed by atoms with Crippen LogP contribution in [0.5, 0.6) is 0 Å². The topological polar surface area (TPSA) is 109 Å². The number of pyridine rings is 1. The first-order chi connectivity index (χ1) is 16.8. The summed E-state index contributed by atoms with van der Waals surface area (Å²) in [6, 6.07) is 7.95. The van der Waals surface area contributed by atoms with Gasteiger partial charge in [0.25, 0.3) is 5.91 Å². The van der Waals surface area contributed by atoms with Gasteiger partial charge in [0.1, 0.15) is 17.3 Å². The fourth-order valence-corrected chi connectivity index (χ4v) is 4.11. The molecule has 1 aromatic carbocycles. The van der Waals surface area contributed by atoms with Gasteiger partial charge < -0.3 is 15.1 Å². The van der Waals surface area contributed by atoms with Gasteiger partial charge in [0.2, 0.25) is 5.82 Å². The standard InChI is InChI=1S/C24H29FN8O2/c1-5-10-31(4)24(35)32-11-9-16-13-19(25)18(12-17(16)14-32)23(34)27-21-8-6-7-20(26-21)22-28-29-30-33(22)15(2)3/h6-8,12-13,15H,5,9-11,14H2,1-4H3,(H,26,27,34). The minimum atomic E-state index is -0.620. The second kappa shape index (κ2) is 10.2. The van der Waals surface area contributed by atoms with E-state index in [4.69, 9.17) is 0 Å². The Morgan fingerprint density at radius 1 is 1.23 bits per heavy atom.